The highest BCUT2D eigenvalue weighted by Crippen LogP contribution is 2.19. The van der Waals surface area contributed by atoms with E-state index in [9.17, 15) is 4.79 Å². The van der Waals surface area contributed by atoms with Crippen LogP contribution in [0.15, 0.2) is 24.4 Å². The minimum atomic E-state index is -0.516. The van der Waals surface area contributed by atoms with Crippen LogP contribution >= 0.6 is 0 Å². The lowest BCUT2D eigenvalue weighted by atomic mass is 10.2. The van der Waals surface area contributed by atoms with Gasteiger partial charge in [0.15, 0.2) is 0 Å². The zero-order valence-electron chi connectivity index (χ0n) is 10.5. The average Bonchev–Trinajstić information content (AvgIpc) is 2.60. The molecule has 4 nitrogen and oxygen atoms in total. The first-order chi connectivity index (χ1) is 7.88. The molecule has 0 saturated carbocycles. The number of carbonyl (C=O) groups is 1. The lowest BCUT2D eigenvalue weighted by molar-refractivity contribution is 0.0522. The number of fused-ring (bicyclic) bond motifs is 1. The van der Waals surface area contributed by atoms with Crippen molar-refractivity contribution in [3.05, 3.63) is 30.0 Å². The number of hydrogen-bond donors (Lipinski definition) is 0. The number of hydrogen-bond acceptors (Lipinski definition) is 3. The average molecular weight is 232 g/mol. The molecule has 2 rings (SSSR count). The fourth-order valence-corrected chi connectivity index (χ4v) is 1.70. The van der Waals surface area contributed by atoms with Gasteiger partial charge in [0.05, 0.1) is 11.7 Å². The van der Waals surface area contributed by atoms with E-state index in [4.69, 9.17) is 4.74 Å². The van der Waals surface area contributed by atoms with Gasteiger partial charge < -0.3 is 4.74 Å². The Hall–Kier alpha value is -1.84. The second-order valence-electron chi connectivity index (χ2n) is 5.05. The van der Waals surface area contributed by atoms with Gasteiger partial charge in [-0.2, -0.15) is 9.78 Å². The molecule has 0 atom stereocenters. The van der Waals surface area contributed by atoms with Crippen molar-refractivity contribution in [2.45, 2.75) is 33.3 Å². The van der Waals surface area contributed by atoms with Crippen LogP contribution in [0.4, 0.5) is 4.79 Å². The van der Waals surface area contributed by atoms with Crippen molar-refractivity contribution in [3.63, 3.8) is 0 Å². The number of rotatable bonds is 0. The highest BCUT2D eigenvalue weighted by molar-refractivity contribution is 5.89. The van der Waals surface area contributed by atoms with Crippen LogP contribution in [-0.4, -0.2) is 21.5 Å². The number of aryl methyl sites for hydroxylation is 1. The Kier molecular flexibility index (Phi) is 2.65. The molecule has 4 heteroatoms. The second kappa shape index (κ2) is 3.87. The summed E-state index contributed by atoms with van der Waals surface area (Å²) in [5.74, 6) is 0. The van der Waals surface area contributed by atoms with Crippen LogP contribution in [0.2, 0.25) is 0 Å². The molecular weight excluding hydrogens is 216 g/mol. The first-order valence-corrected chi connectivity index (χ1v) is 5.55. The van der Waals surface area contributed by atoms with Gasteiger partial charge in [-0.1, -0.05) is 18.2 Å². The lowest BCUT2D eigenvalue weighted by Gasteiger charge is -2.19. The first kappa shape index (κ1) is 11.6. The van der Waals surface area contributed by atoms with Crippen LogP contribution in [0.3, 0.4) is 0 Å². The topological polar surface area (TPSA) is 44.1 Å². The molecule has 0 bridgehead atoms. The summed E-state index contributed by atoms with van der Waals surface area (Å²) in [7, 11) is 0. The molecule has 0 aliphatic rings. The van der Waals surface area contributed by atoms with Gasteiger partial charge >= 0.3 is 6.09 Å². The molecule has 0 aliphatic carbocycles. The van der Waals surface area contributed by atoms with Crippen LogP contribution in [0.1, 0.15) is 26.3 Å². The van der Waals surface area contributed by atoms with Gasteiger partial charge in [0.1, 0.15) is 5.60 Å². The molecular formula is C13H16N2O2. The van der Waals surface area contributed by atoms with Crippen LogP contribution < -0.4 is 0 Å². The molecule has 2 aromatic rings. The predicted molar refractivity (Wildman–Crippen MR) is 66.1 cm³/mol. The van der Waals surface area contributed by atoms with E-state index < -0.39 is 11.7 Å². The van der Waals surface area contributed by atoms with Gasteiger partial charge in [0.2, 0.25) is 0 Å². The van der Waals surface area contributed by atoms with E-state index in [1.54, 1.807) is 6.20 Å². The Bertz CT molecular complexity index is 564. The summed E-state index contributed by atoms with van der Waals surface area (Å²) in [5.41, 5.74) is 1.30. The van der Waals surface area contributed by atoms with Crippen molar-refractivity contribution in [2.24, 2.45) is 0 Å². The normalized spacial score (nSPS) is 11.8. The summed E-state index contributed by atoms with van der Waals surface area (Å²) in [6.45, 7) is 7.46. The minimum Gasteiger partial charge on any atom is -0.442 e. The maximum absolute atomic E-state index is 12.0. The standard InChI is InChI=1S/C13H16N2O2/c1-9-6-5-7-10-8-14-15(11(9)10)12(16)17-13(2,3)4/h5-8H,1-4H3. The zero-order chi connectivity index (χ0) is 12.6. The molecule has 0 saturated heterocycles. The Balaban J connectivity index is 2.46. The van der Waals surface area contributed by atoms with E-state index >= 15 is 0 Å². The van der Waals surface area contributed by atoms with E-state index in [-0.39, 0.29) is 0 Å². The summed E-state index contributed by atoms with van der Waals surface area (Å²) in [5, 5.41) is 5.02. The number of ether oxygens (including phenoxy) is 1. The third-order valence-corrected chi connectivity index (χ3v) is 2.36. The van der Waals surface area contributed by atoms with Gasteiger partial charge in [-0.15, -0.1) is 0 Å². The van der Waals surface area contributed by atoms with Gasteiger partial charge in [-0.25, -0.2) is 4.79 Å². The Morgan fingerprint density at radius 1 is 1.35 bits per heavy atom. The summed E-state index contributed by atoms with van der Waals surface area (Å²) in [6, 6.07) is 5.82. The molecule has 0 N–H and O–H groups in total. The van der Waals surface area contributed by atoms with Gasteiger partial charge in [-0.05, 0) is 33.3 Å². The molecule has 1 heterocycles. The third-order valence-electron chi connectivity index (χ3n) is 2.36. The number of carbonyl (C=O) groups excluding carboxylic acids is 1. The molecule has 0 spiro atoms. The number of aromatic nitrogens is 2. The van der Waals surface area contributed by atoms with Crippen LogP contribution in [-0.2, 0) is 4.74 Å². The fraction of sp³-hybridized carbons (Fsp3) is 0.385. The van der Waals surface area contributed by atoms with Crippen molar-refractivity contribution in [1.29, 1.82) is 0 Å². The largest absolute Gasteiger partial charge is 0.442 e. The lowest BCUT2D eigenvalue weighted by Crippen LogP contribution is -2.27. The fourth-order valence-electron chi connectivity index (χ4n) is 1.70. The smallest absolute Gasteiger partial charge is 0.435 e. The number of benzene rings is 1. The zero-order valence-corrected chi connectivity index (χ0v) is 10.5. The van der Waals surface area contributed by atoms with E-state index in [1.807, 2.05) is 45.9 Å². The van der Waals surface area contributed by atoms with Gasteiger partial charge in [0, 0.05) is 5.39 Å². The Morgan fingerprint density at radius 3 is 2.71 bits per heavy atom. The maximum atomic E-state index is 12.0. The van der Waals surface area contributed by atoms with Crippen LogP contribution in [0.25, 0.3) is 10.9 Å². The molecule has 1 aromatic carbocycles. The highest BCUT2D eigenvalue weighted by atomic mass is 16.6. The monoisotopic (exact) mass is 232 g/mol. The van der Waals surface area contributed by atoms with Gasteiger partial charge in [-0.3, -0.25) is 0 Å². The van der Waals surface area contributed by atoms with Crippen molar-refractivity contribution in [3.8, 4) is 0 Å². The van der Waals surface area contributed by atoms with Crippen LogP contribution in [0, 0.1) is 6.92 Å². The molecule has 90 valence electrons. The number of para-hydroxylation sites is 1. The Labute approximate surface area is 100 Å². The van der Waals surface area contributed by atoms with Crippen molar-refractivity contribution >= 4 is 17.0 Å². The Morgan fingerprint density at radius 2 is 2.06 bits per heavy atom. The predicted octanol–water partition coefficient (Wildman–Crippen LogP) is 3.13. The van der Waals surface area contributed by atoms with E-state index in [0.717, 1.165) is 16.5 Å². The van der Waals surface area contributed by atoms with Crippen molar-refractivity contribution in [1.82, 2.24) is 9.78 Å². The molecule has 17 heavy (non-hydrogen) atoms. The molecule has 0 aliphatic heterocycles. The first-order valence-electron chi connectivity index (χ1n) is 5.55. The molecule has 0 fully saturated rings. The number of nitrogens with zero attached hydrogens (tertiary/aromatic N) is 2. The summed E-state index contributed by atoms with van der Waals surface area (Å²) in [6.07, 6.45) is 1.23. The van der Waals surface area contributed by atoms with E-state index in [2.05, 4.69) is 5.10 Å². The maximum Gasteiger partial charge on any atom is 0.435 e. The minimum absolute atomic E-state index is 0.443. The SMILES string of the molecule is Cc1cccc2cnn(C(=O)OC(C)(C)C)c12. The summed E-state index contributed by atoms with van der Waals surface area (Å²) in [4.78, 5) is 12.0. The van der Waals surface area contributed by atoms with Crippen molar-refractivity contribution in [2.75, 3.05) is 0 Å². The van der Waals surface area contributed by atoms with E-state index in [0.29, 0.717) is 0 Å². The van der Waals surface area contributed by atoms with Crippen molar-refractivity contribution < 1.29 is 9.53 Å². The molecule has 0 radical (unpaired) electrons. The van der Waals surface area contributed by atoms with Crippen LogP contribution in [0.5, 0.6) is 0 Å². The van der Waals surface area contributed by atoms with Gasteiger partial charge in [0.25, 0.3) is 0 Å². The quantitative estimate of drug-likeness (QED) is 0.701. The molecule has 0 unspecified atom stereocenters. The van der Waals surface area contributed by atoms with E-state index in [1.165, 1.54) is 4.68 Å². The molecule has 0 amide bonds. The third kappa shape index (κ3) is 2.30. The summed E-state index contributed by atoms with van der Waals surface area (Å²) >= 11 is 0. The molecule has 1 aromatic heterocycles. The second-order valence-corrected chi connectivity index (χ2v) is 5.05. The summed E-state index contributed by atoms with van der Waals surface area (Å²) < 4.78 is 6.62. The highest BCUT2D eigenvalue weighted by Gasteiger charge is 2.20.